The Labute approximate surface area is 187 Å². The molecule has 4 rings (SSSR count). The number of nitrogens with one attached hydrogen (secondary N) is 2. The Morgan fingerprint density at radius 1 is 1.32 bits per heavy atom. The van der Waals surface area contributed by atoms with Crippen molar-refractivity contribution in [3.05, 3.63) is 36.4 Å². The van der Waals surface area contributed by atoms with Gasteiger partial charge >= 0.3 is 0 Å². The number of hydrogen-bond donors (Lipinski definition) is 2. The molecule has 31 heavy (non-hydrogen) atoms. The zero-order valence-electron chi connectivity index (χ0n) is 18.1. The Morgan fingerprint density at radius 2 is 2.06 bits per heavy atom. The number of aromatic nitrogens is 1. The number of allylic oxidation sites excluding steroid dienone is 1. The highest BCUT2D eigenvalue weighted by atomic mass is 32.1. The quantitative estimate of drug-likeness (QED) is 0.546. The van der Waals surface area contributed by atoms with Crippen molar-refractivity contribution in [2.75, 3.05) is 0 Å². The highest BCUT2D eigenvalue weighted by molar-refractivity contribution is 7.16. The maximum absolute atomic E-state index is 14.0. The summed E-state index contributed by atoms with van der Waals surface area (Å²) in [5.74, 6) is 0.985. The Kier molecular flexibility index (Phi) is 7.23. The highest BCUT2D eigenvalue weighted by Crippen LogP contribution is 2.35. The fourth-order valence-electron chi connectivity index (χ4n) is 4.57. The van der Waals surface area contributed by atoms with Crippen molar-refractivity contribution in [3.63, 3.8) is 0 Å². The van der Waals surface area contributed by atoms with Crippen molar-refractivity contribution >= 4 is 27.5 Å². The van der Waals surface area contributed by atoms with E-state index in [0.29, 0.717) is 12.5 Å². The summed E-state index contributed by atoms with van der Waals surface area (Å²) in [5, 5.41) is 6.63. The topological polar surface area (TPSA) is 63.2 Å². The van der Waals surface area contributed by atoms with Crippen LogP contribution >= 0.6 is 11.3 Å². The molecule has 0 spiro atoms. The molecule has 5 nitrogen and oxygen atoms in total. The lowest BCUT2D eigenvalue weighted by Crippen LogP contribution is -2.50. The van der Waals surface area contributed by atoms with E-state index in [4.69, 9.17) is 4.74 Å². The van der Waals surface area contributed by atoms with Crippen LogP contribution in [0.1, 0.15) is 51.9 Å². The summed E-state index contributed by atoms with van der Waals surface area (Å²) >= 11 is 1.60. The normalized spacial score (nSPS) is 27.8. The van der Waals surface area contributed by atoms with Gasteiger partial charge in [-0.3, -0.25) is 4.79 Å². The first kappa shape index (κ1) is 22.2. The van der Waals surface area contributed by atoms with Crippen LogP contribution in [0.4, 0.5) is 4.39 Å². The molecule has 1 amide bonds. The molecular weight excluding hydrogens is 413 g/mol. The summed E-state index contributed by atoms with van der Waals surface area (Å²) in [7, 11) is 0. The molecule has 7 heteroatoms. The second-order valence-electron chi connectivity index (χ2n) is 8.92. The minimum atomic E-state index is -0.897. The molecule has 168 valence electrons. The van der Waals surface area contributed by atoms with Crippen molar-refractivity contribution in [1.29, 1.82) is 0 Å². The molecule has 0 saturated heterocycles. The van der Waals surface area contributed by atoms with Crippen LogP contribution in [0.15, 0.2) is 36.4 Å². The van der Waals surface area contributed by atoms with Crippen LogP contribution in [0.5, 0.6) is 5.75 Å². The van der Waals surface area contributed by atoms with Gasteiger partial charge in [-0.25, -0.2) is 9.37 Å². The molecule has 2 N–H and O–H groups in total. The smallest absolute Gasteiger partial charge is 0.223 e. The molecule has 0 radical (unpaired) electrons. The van der Waals surface area contributed by atoms with Gasteiger partial charge in [-0.2, -0.15) is 0 Å². The molecular formula is C24H32FN3O2S. The summed E-state index contributed by atoms with van der Waals surface area (Å²) in [6, 6.07) is 6.35. The number of thiazole rings is 1. The number of benzene rings is 1. The number of halogens is 1. The van der Waals surface area contributed by atoms with Crippen molar-refractivity contribution in [2.45, 2.75) is 82.3 Å². The third-order valence-electron chi connectivity index (χ3n) is 6.59. The molecule has 1 aromatic heterocycles. The Bertz CT molecular complexity index is 890. The molecule has 1 heterocycles. The second-order valence-corrected chi connectivity index (χ2v) is 9.80. The Balaban J connectivity index is 1.16. The van der Waals surface area contributed by atoms with Crippen LogP contribution in [-0.2, 0) is 4.79 Å². The maximum Gasteiger partial charge on any atom is 0.223 e. The predicted octanol–water partition coefficient (Wildman–Crippen LogP) is 4.77. The monoisotopic (exact) mass is 445 g/mol. The molecule has 2 fully saturated rings. The lowest BCUT2D eigenvalue weighted by molar-refractivity contribution is -0.131. The van der Waals surface area contributed by atoms with Gasteiger partial charge < -0.3 is 15.4 Å². The van der Waals surface area contributed by atoms with Crippen LogP contribution in [0.2, 0.25) is 0 Å². The highest BCUT2D eigenvalue weighted by Gasteiger charge is 2.37. The van der Waals surface area contributed by atoms with E-state index in [9.17, 15) is 9.18 Å². The number of hydrogen-bond acceptors (Lipinski definition) is 5. The van der Waals surface area contributed by atoms with Gasteiger partial charge in [0.15, 0.2) is 0 Å². The molecule has 2 aliphatic carbocycles. The lowest BCUT2D eigenvalue weighted by atomic mass is 9.81. The van der Waals surface area contributed by atoms with Gasteiger partial charge in [0, 0.05) is 24.0 Å². The first-order valence-corrected chi connectivity index (χ1v) is 12.2. The van der Waals surface area contributed by atoms with Crippen molar-refractivity contribution in [3.8, 4) is 5.75 Å². The first-order chi connectivity index (χ1) is 15.0. The van der Waals surface area contributed by atoms with E-state index < -0.39 is 6.17 Å². The van der Waals surface area contributed by atoms with E-state index in [1.165, 1.54) is 0 Å². The SMILES string of the molecule is C=CCC(F)C(C)NC1CCC(NC(=O)C2CC(Oc3cccc4scnc34)C2)CC1. The Morgan fingerprint density at radius 3 is 2.81 bits per heavy atom. The van der Waals surface area contributed by atoms with E-state index >= 15 is 0 Å². The zero-order valence-corrected chi connectivity index (χ0v) is 18.9. The molecule has 0 bridgehead atoms. The van der Waals surface area contributed by atoms with Crippen LogP contribution in [0.3, 0.4) is 0 Å². The van der Waals surface area contributed by atoms with Gasteiger partial charge in [-0.1, -0.05) is 12.1 Å². The minimum absolute atomic E-state index is 0.0294. The van der Waals surface area contributed by atoms with E-state index in [2.05, 4.69) is 22.2 Å². The largest absolute Gasteiger partial charge is 0.488 e. The molecule has 2 atom stereocenters. The van der Waals surface area contributed by atoms with Gasteiger partial charge in [0.2, 0.25) is 5.91 Å². The van der Waals surface area contributed by atoms with Crippen LogP contribution in [0, 0.1) is 5.92 Å². The van der Waals surface area contributed by atoms with Crippen molar-refractivity contribution < 1.29 is 13.9 Å². The molecule has 2 aliphatic rings. The number of carbonyl (C=O) groups excluding carboxylic acids is 1. The number of fused-ring (bicyclic) bond motifs is 1. The minimum Gasteiger partial charge on any atom is -0.488 e. The molecule has 2 aromatic rings. The number of rotatable bonds is 9. The van der Waals surface area contributed by atoms with E-state index in [1.54, 1.807) is 17.4 Å². The standard InChI is InChI=1S/C24H32FN3O2S/c1-3-5-20(25)15(2)27-17-8-10-18(11-9-17)28-24(29)16-12-19(13-16)30-21-6-4-7-22-23(21)26-14-31-22/h3-4,6-7,14-20,27H,1,5,8-13H2,2H3,(H,28,29). The van der Waals surface area contributed by atoms with E-state index in [-0.39, 0.29) is 30.0 Å². The number of amides is 1. The average Bonchev–Trinajstić information content (AvgIpc) is 3.21. The number of nitrogens with zero attached hydrogens (tertiary/aromatic N) is 1. The number of carbonyl (C=O) groups is 1. The maximum atomic E-state index is 14.0. The van der Waals surface area contributed by atoms with Crippen LogP contribution < -0.4 is 15.4 Å². The van der Waals surface area contributed by atoms with Gasteiger partial charge in [-0.05, 0) is 64.0 Å². The van der Waals surface area contributed by atoms with Gasteiger partial charge in [-0.15, -0.1) is 17.9 Å². The van der Waals surface area contributed by atoms with E-state index in [0.717, 1.165) is 54.5 Å². The van der Waals surface area contributed by atoms with Crippen LogP contribution in [0.25, 0.3) is 10.2 Å². The summed E-state index contributed by atoms with van der Waals surface area (Å²) in [5.41, 5.74) is 2.74. The fourth-order valence-corrected chi connectivity index (χ4v) is 5.27. The molecule has 2 saturated carbocycles. The second kappa shape index (κ2) is 10.1. The third-order valence-corrected chi connectivity index (χ3v) is 7.38. The Hall–Kier alpha value is -1.99. The summed E-state index contributed by atoms with van der Waals surface area (Å²) in [4.78, 5) is 17.0. The van der Waals surface area contributed by atoms with Crippen molar-refractivity contribution in [1.82, 2.24) is 15.6 Å². The number of para-hydroxylation sites is 1. The summed E-state index contributed by atoms with van der Waals surface area (Å²) in [6.45, 7) is 5.51. The lowest BCUT2D eigenvalue weighted by Gasteiger charge is -2.37. The fraction of sp³-hybridized carbons (Fsp3) is 0.583. The number of ether oxygens (including phenoxy) is 1. The van der Waals surface area contributed by atoms with Gasteiger partial charge in [0.05, 0.1) is 10.2 Å². The van der Waals surface area contributed by atoms with Crippen molar-refractivity contribution in [2.24, 2.45) is 5.92 Å². The van der Waals surface area contributed by atoms with Gasteiger partial charge in [0.25, 0.3) is 0 Å². The predicted molar refractivity (Wildman–Crippen MR) is 123 cm³/mol. The number of alkyl halides is 1. The average molecular weight is 446 g/mol. The summed E-state index contributed by atoms with van der Waals surface area (Å²) in [6.07, 6.45) is 6.49. The molecule has 2 unspecified atom stereocenters. The van der Waals surface area contributed by atoms with Gasteiger partial charge in [0.1, 0.15) is 23.5 Å². The van der Waals surface area contributed by atoms with Crippen LogP contribution in [-0.4, -0.2) is 41.3 Å². The third kappa shape index (κ3) is 5.44. The summed E-state index contributed by atoms with van der Waals surface area (Å²) < 4.78 is 21.2. The first-order valence-electron chi connectivity index (χ1n) is 11.3. The molecule has 0 aliphatic heterocycles. The van der Waals surface area contributed by atoms with E-state index in [1.807, 2.05) is 30.6 Å². The molecule has 1 aromatic carbocycles. The zero-order chi connectivity index (χ0) is 21.8.